The van der Waals surface area contributed by atoms with E-state index in [4.69, 9.17) is 4.98 Å². The Morgan fingerprint density at radius 1 is 1.00 bits per heavy atom. The van der Waals surface area contributed by atoms with E-state index < -0.39 is 0 Å². The number of rotatable bonds is 2. The van der Waals surface area contributed by atoms with Crippen molar-refractivity contribution in [1.82, 2.24) is 9.97 Å². The van der Waals surface area contributed by atoms with Crippen molar-refractivity contribution < 1.29 is 0 Å². The molecule has 2 aromatic carbocycles. The van der Waals surface area contributed by atoms with Crippen LogP contribution in [0.3, 0.4) is 0 Å². The normalized spacial score (nSPS) is 25.1. The summed E-state index contributed by atoms with van der Waals surface area (Å²) in [6.07, 6.45) is 5.80. The molecular formula is C24H24N4. The molecule has 0 aliphatic carbocycles. The summed E-state index contributed by atoms with van der Waals surface area (Å²) in [6, 6.07) is 17.2. The van der Waals surface area contributed by atoms with Crippen molar-refractivity contribution in [1.29, 1.82) is 0 Å². The first-order valence-electron chi connectivity index (χ1n) is 9.75. The third kappa shape index (κ3) is 2.06. The van der Waals surface area contributed by atoms with Gasteiger partial charge in [-0.15, -0.1) is 6.58 Å². The lowest BCUT2D eigenvalue weighted by molar-refractivity contribution is 0.312. The molecule has 3 heterocycles. The van der Waals surface area contributed by atoms with Crippen molar-refractivity contribution in [2.75, 3.05) is 9.80 Å². The molecule has 4 nitrogen and oxygen atoms in total. The predicted molar refractivity (Wildman–Crippen MR) is 114 cm³/mol. The minimum atomic E-state index is -0.145. The van der Waals surface area contributed by atoms with E-state index in [2.05, 4.69) is 96.7 Å². The fourth-order valence-corrected chi connectivity index (χ4v) is 4.85. The molecule has 2 aliphatic heterocycles. The molecule has 1 aromatic heterocycles. The van der Waals surface area contributed by atoms with Crippen LogP contribution < -0.4 is 9.80 Å². The molecule has 5 rings (SSSR count). The zero-order valence-electron chi connectivity index (χ0n) is 16.5. The number of fused-ring (bicyclic) bond motifs is 5. The second-order valence-electron chi connectivity index (χ2n) is 7.96. The smallest absolute Gasteiger partial charge is 0.162 e. The van der Waals surface area contributed by atoms with Crippen LogP contribution in [0.25, 0.3) is 0 Å². The Morgan fingerprint density at radius 3 is 2.46 bits per heavy atom. The molecule has 0 N–H and O–H groups in total. The minimum absolute atomic E-state index is 0.102. The molecule has 0 bridgehead atoms. The number of aryl methyl sites for hydroxylation is 1. The van der Waals surface area contributed by atoms with Crippen LogP contribution >= 0.6 is 0 Å². The first kappa shape index (κ1) is 17.0. The number of benzene rings is 2. The Bertz CT molecular complexity index is 1080. The van der Waals surface area contributed by atoms with E-state index in [1.54, 1.807) is 6.33 Å². The molecule has 0 spiro atoms. The average molecular weight is 368 g/mol. The van der Waals surface area contributed by atoms with Gasteiger partial charge in [0.15, 0.2) is 5.82 Å². The molecule has 3 aromatic rings. The number of hydrogen-bond donors (Lipinski definition) is 0. The lowest BCUT2D eigenvalue weighted by Crippen LogP contribution is -2.54. The van der Waals surface area contributed by atoms with E-state index in [1.807, 2.05) is 6.20 Å². The fraction of sp³-hybridized carbons (Fsp3) is 0.250. The van der Waals surface area contributed by atoms with Gasteiger partial charge < -0.3 is 9.80 Å². The Morgan fingerprint density at radius 2 is 1.71 bits per heavy atom. The number of allylic oxidation sites excluding steroid dienone is 1. The van der Waals surface area contributed by atoms with E-state index >= 15 is 0 Å². The van der Waals surface area contributed by atoms with Crippen LogP contribution in [-0.2, 0) is 5.41 Å². The van der Waals surface area contributed by atoms with Crippen molar-refractivity contribution in [2.45, 2.75) is 32.4 Å². The topological polar surface area (TPSA) is 32.3 Å². The van der Waals surface area contributed by atoms with Crippen LogP contribution in [0.5, 0.6) is 0 Å². The van der Waals surface area contributed by atoms with E-state index in [-0.39, 0.29) is 17.5 Å². The van der Waals surface area contributed by atoms with Crippen LogP contribution in [0.15, 0.2) is 73.7 Å². The Balaban J connectivity index is 1.82. The first-order chi connectivity index (χ1) is 13.6. The van der Waals surface area contributed by atoms with Gasteiger partial charge in [0.2, 0.25) is 0 Å². The minimum Gasteiger partial charge on any atom is -0.315 e. The zero-order valence-corrected chi connectivity index (χ0v) is 16.5. The summed E-state index contributed by atoms with van der Waals surface area (Å²) in [6.45, 7) is 11.0. The largest absolute Gasteiger partial charge is 0.315 e. The molecule has 4 heteroatoms. The molecule has 0 radical (unpaired) electrons. The second-order valence-corrected chi connectivity index (χ2v) is 7.96. The molecule has 140 valence electrons. The summed E-state index contributed by atoms with van der Waals surface area (Å²) >= 11 is 0. The molecule has 0 fully saturated rings. The third-order valence-electron chi connectivity index (χ3n) is 6.63. The average Bonchev–Trinajstić information content (AvgIpc) is 3.07. The van der Waals surface area contributed by atoms with Gasteiger partial charge in [-0.05, 0) is 30.2 Å². The highest BCUT2D eigenvalue weighted by molar-refractivity contribution is 5.88. The van der Waals surface area contributed by atoms with Crippen LogP contribution in [0.1, 0.15) is 25.0 Å². The Kier molecular flexibility index (Phi) is 3.60. The SMILES string of the molecule is C=CC1(C)c2ccccc2N2c3cncnc3N(c3ccccc3C)C2C1C. The molecular weight excluding hydrogens is 344 g/mol. The fourth-order valence-electron chi connectivity index (χ4n) is 4.85. The molecule has 28 heavy (non-hydrogen) atoms. The summed E-state index contributed by atoms with van der Waals surface area (Å²) in [5, 5.41) is 0. The first-order valence-corrected chi connectivity index (χ1v) is 9.75. The molecule has 0 saturated heterocycles. The van der Waals surface area contributed by atoms with E-state index in [0.717, 1.165) is 11.5 Å². The quantitative estimate of drug-likeness (QED) is 0.560. The maximum Gasteiger partial charge on any atom is 0.162 e. The van der Waals surface area contributed by atoms with Crippen LogP contribution in [-0.4, -0.2) is 16.1 Å². The maximum absolute atomic E-state index is 4.71. The molecule has 3 unspecified atom stereocenters. The van der Waals surface area contributed by atoms with Crippen LogP contribution in [0.4, 0.5) is 22.9 Å². The van der Waals surface area contributed by atoms with Gasteiger partial charge in [0.05, 0.1) is 6.20 Å². The predicted octanol–water partition coefficient (Wildman–Crippen LogP) is 5.49. The van der Waals surface area contributed by atoms with E-state index in [0.29, 0.717) is 0 Å². The number of para-hydroxylation sites is 2. The van der Waals surface area contributed by atoms with Crippen LogP contribution in [0, 0.1) is 12.8 Å². The van der Waals surface area contributed by atoms with Gasteiger partial charge in [0.25, 0.3) is 0 Å². The van der Waals surface area contributed by atoms with Gasteiger partial charge in [-0.3, -0.25) is 0 Å². The van der Waals surface area contributed by atoms with E-state index in [9.17, 15) is 0 Å². The van der Waals surface area contributed by atoms with Gasteiger partial charge in [0.1, 0.15) is 18.2 Å². The Labute approximate surface area is 166 Å². The van der Waals surface area contributed by atoms with Crippen molar-refractivity contribution in [3.63, 3.8) is 0 Å². The number of nitrogens with zero attached hydrogens (tertiary/aromatic N) is 4. The molecule has 0 saturated carbocycles. The maximum atomic E-state index is 4.71. The summed E-state index contributed by atoms with van der Waals surface area (Å²) in [4.78, 5) is 13.9. The standard InChI is InChI=1S/C24H24N4/c1-5-24(4)17(3)23-27(20-13-9-7-11-18(20)24)21-14-25-15-26-22(21)28(23)19-12-8-6-10-16(19)2/h5-15,17,23H,1H2,2-4H3. The van der Waals surface area contributed by atoms with Crippen molar-refractivity contribution in [3.05, 3.63) is 84.8 Å². The number of aromatic nitrogens is 2. The molecule has 0 amide bonds. The molecule has 3 atom stereocenters. The highest BCUT2D eigenvalue weighted by atomic mass is 15.5. The van der Waals surface area contributed by atoms with Gasteiger partial charge >= 0.3 is 0 Å². The van der Waals surface area contributed by atoms with Crippen molar-refractivity contribution in [2.24, 2.45) is 5.92 Å². The highest BCUT2D eigenvalue weighted by Gasteiger charge is 2.52. The zero-order chi connectivity index (χ0) is 19.5. The lowest BCUT2D eigenvalue weighted by atomic mass is 9.67. The monoisotopic (exact) mass is 368 g/mol. The third-order valence-corrected chi connectivity index (χ3v) is 6.63. The van der Waals surface area contributed by atoms with Gasteiger partial charge in [-0.2, -0.15) is 0 Å². The lowest BCUT2D eigenvalue weighted by Gasteiger charge is -2.50. The van der Waals surface area contributed by atoms with Gasteiger partial charge in [-0.25, -0.2) is 9.97 Å². The number of hydrogen-bond acceptors (Lipinski definition) is 4. The summed E-state index contributed by atoms with van der Waals surface area (Å²) in [7, 11) is 0. The van der Waals surface area contributed by atoms with Crippen molar-refractivity contribution >= 4 is 22.9 Å². The second kappa shape index (κ2) is 5.93. The highest BCUT2D eigenvalue weighted by Crippen LogP contribution is 2.57. The molecule has 2 aliphatic rings. The van der Waals surface area contributed by atoms with E-state index in [1.165, 1.54) is 22.5 Å². The van der Waals surface area contributed by atoms with Gasteiger partial charge in [0, 0.05) is 22.7 Å². The summed E-state index contributed by atoms with van der Waals surface area (Å²) in [5.41, 5.74) is 5.85. The van der Waals surface area contributed by atoms with Crippen molar-refractivity contribution in [3.8, 4) is 0 Å². The summed E-state index contributed by atoms with van der Waals surface area (Å²) < 4.78 is 0. The van der Waals surface area contributed by atoms with Gasteiger partial charge in [-0.1, -0.05) is 56.3 Å². The number of anilines is 4. The Hall–Kier alpha value is -3.14. The van der Waals surface area contributed by atoms with Crippen LogP contribution in [0.2, 0.25) is 0 Å². The summed E-state index contributed by atoms with van der Waals surface area (Å²) in [5.74, 6) is 1.25.